The van der Waals surface area contributed by atoms with Gasteiger partial charge in [0.15, 0.2) is 6.61 Å². The molecule has 0 atom stereocenters. The fraction of sp³-hybridized carbons (Fsp3) is 0.250. The first kappa shape index (κ1) is 13.0. The Hall–Kier alpha value is -2.06. The zero-order valence-corrected chi connectivity index (χ0v) is 8.12. The van der Waals surface area contributed by atoms with Crippen molar-refractivity contribution in [3.63, 3.8) is 0 Å². The van der Waals surface area contributed by atoms with Gasteiger partial charge >= 0.3 is 11.9 Å². The van der Waals surface area contributed by atoms with E-state index >= 15 is 0 Å². The fourth-order valence-corrected chi connectivity index (χ4v) is 0.984. The van der Waals surface area contributed by atoms with E-state index in [9.17, 15) is 27.7 Å². The van der Waals surface area contributed by atoms with Crippen molar-refractivity contribution in [3.05, 3.63) is 28.1 Å². The summed E-state index contributed by atoms with van der Waals surface area (Å²) in [5.74, 6) is -1.91. The maximum Gasteiger partial charge on any atom is 0.422 e. The second-order valence-electron chi connectivity index (χ2n) is 3.00. The average molecular weight is 254 g/mol. The predicted octanol–water partition coefficient (Wildman–Crippen LogP) is 2.26. The molecule has 1 rings (SSSR count). The van der Waals surface area contributed by atoms with E-state index < -0.39 is 40.6 Å². The highest BCUT2D eigenvalue weighted by Crippen LogP contribution is 2.30. The van der Waals surface area contributed by atoms with Crippen molar-refractivity contribution in [3.8, 4) is 5.75 Å². The molecule has 0 amide bonds. The second-order valence-corrected chi connectivity index (χ2v) is 3.00. The van der Waals surface area contributed by atoms with Crippen molar-refractivity contribution < 1.29 is 27.2 Å². The average Bonchev–Trinajstić information content (AvgIpc) is 2.17. The summed E-state index contributed by atoms with van der Waals surface area (Å²) in [6, 6.07) is 1.04. The van der Waals surface area contributed by atoms with Gasteiger partial charge in [-0.1, -0.05) is 0 Å². The van der Waals surface area contributed by atoms with Gasteiger partial charge in [0.05, 0.1) is 10.6 Å². The summed E-state index contributed by atoms with van der Waals surface area (Å²) in [5.41, 5.74) is 3.82. The maximum absolute atomic E-state index is 13.0. The van der Waals surface area contributed by atoms with Gasteiger partial charge in [0.2, 0.25) is 5.82 Å². The van der Waals surface area contributed by atoms with Gasteiger partial charge in [-0.3, -0.25) is 10.1 Å². The molecule has 9 heteroatoms. The molecule has 94 valence electrons. The van der Waals surface area contributed by atoms with Gasteiger partial charge in [0, 0.05) is 12.1 Å². The molecule has 0 fully saturated rings. The molecular formula is C8H6F4N2O3. The number of nitrogens with two attached hydrogens (primary N) is 1. The molecule has 0 aliphatic carbocycles. The number of nitrogens with zero attached hydrogens (tertiary/aromatic N) is 1. The van der Waals surface area contributed by atoms with E-state index in [1.807, 2.05) is 0 Å². The van der Waals surface area contributed by atoms with E-state index in [1.54, 1.807) is 0 Å². The number of ether oxygens (including phenoxy) is 1. The molecule has 1 aromatic rings. The molecule has 1 aromatic carbocycles. The number of hydrogen-bond acceptors (Lipinski definition) is 4. The Balaban J connectivity index is 2.96. The van der Waals surface area contributed by atoms with Gasteiger partial charge in [-0.2, -0.15) is 17.6 Å². The third kappa shape index (κ3) is 3.47. The normalized spacial score (nSPS) is 11.3. The summed E-state index contributed by atoms with van der Waals surface area (Å²) >= 11 is 0. The molecule has 0 aromatic heterocycles. The van der Waals surface area contributed by atoms with Crippen molar-refractivity contribution in [1.82, 2.24) is 0 Å². The summed E-state index contributed by atoms with van der Waals surface area (Å²) in [6.07, 6.45) is -4.61. The lowest BCUT2D eigenvalue weighted by Gasteiger charge is -2.10. The lowest BCUT2D eigenvalue weighted by Crippen LogP contribution is -2.19. The van der Waals surface area contributed by atoms with Crippen LogP contribution in [0.3, 0.4) is 0 Å². The smallest absolute Gasteiger partial charge is 0.422 e. The van der Waals surface area contributed by atoms with Gasteiger partial charge in [0.25, 0.3) is 0 Å². The Morgan fingerprint density at radius 1 is 1.41 bits per heavy atom. The van der Waals surface area contributed by atoms with Crippen molar-refractivity contribution in [2.45, 2.75) is 6.18 Å². The van der Waals surface area contributed by atoms with Gasteiger partial charge < -0.3 is 10.5 Å². The van der Waals surface area contributed by atoms with Crippen LogP contribution in [0.2, 0.25) is 0 Å². The number of rotatable bonds is 3. The highest BCUT2D eigenvalue weighted by molar-refractivity contribution is 5.58. The third-order valence-electron chi connectivity index (χ3n) is 1.67. The van der Waals surface area contributed by atoms with Crippen LogP contribution in [0, 0.1) is 15.9 Å². The van der Waals surface area contributed by atoms with Crippen molar-refractivity contribution in [2.24, 2.45) is 0 Å². The van der Waals surface area contributed by atoms with Gasteiger partial charge in [-0.15, -0.1) is 0 Å². The third-order valence-corrected chi connectivity index (χ3v) is 1.67. The van der Waals surface area contributed by atoms with E-state index in [1.165, 1.54) is 0 Å². The first-order chi connectivity index (χ1) is 7.70. The molecule has 0 bridgehead atoms. The molecule has 0 radical (unpaired) electrons. The predicted molar refractivity (Wildman–Crippen MR) is 49.0 cm³/mol. The number of nitro groups is 1. The SMILES string of the molecule is Nc1cc([N+](=O)[O-])c(F)cc1OCC(F)(F)F. The number of benzene rings is 1. The summed E-state index contributed by atoms with van der Waals surface area (Å²) in [4.78, 5) is 9.25. The lowest BCUT2D eigenvalue weighted by molar-refractivity contribution is -0.387. The van der Waals surface area contributed by atoms with Crippen LogP contribution in [0.25, 0.3) is 0 Å². The maximum atomic E-state index is 13.0. The van der Waals surface area contributed by atoms with Crippen molar-refractivity contribution in [2.75, 3.05) is 12.3 Å². The van der Waals surface area contributed by atoms with Crippen LogP contribution in [0.5, 0.6) is 5.75 Å². The van der Waals surface area contributed by atoms with Gasteiger partial charge in [0.1, 0.15) is 5.75 Å². The molecule has 0 saturated heterocycles. The molecule has 0 heterocycles. The topological polar surface area (TPSA) is 78.4 Å². The molecule has 0 spiro atoms. The quantitative estimate of drug-likeness (QED) is 0.388. The molecule has 0 aliphatic rings. The van der Waals surface area contributed by atoms with Gasteiger partial charge in [-0.05, 0) is 0 Å². The summed E-state index contributed by atoms with van der Waals surface area (Å²) in [5, 5.41) is 10.3. The molecule has 2 N–H and O–H groups in total. The summed E-state index contributed by atoms with van der Waals surface area (Å²) in [7, 11) is 0. The van der Waals surface area contributed by atoms with E-state index in [2.05, 4.69) is 4.74 Å². The molecule has 5 nitrogen and oxygen atoms in total. The van der Waals surface area contributed by atoms with Crippen LogP contribution >= 0.6 is 0 Å². The lowest BCUT2D eigenvalue weighted by atomic mass is 10.2. The Bertz CT molecular complexity index is 447. The molecule has 17 heavy (non-hydrogen) atoms. The van der Waals surface area contributed by atoms with E-state index in [4.69, 9.17) is 5.73 Å². The zero-order chi connectivity index (χ0) is 13.2. The zero-order valence-electron chi connectivity index (χ0n) is 8.12. The number of anilines is 1. The van der Waals surface area contributed by atoms with E-state index in [-0.39, 0.29) is 0 Å². The first-order valence-corrected chi connectivity index (χ1v) is 4.13. The minimum atomic E-state index is -4.61. The number of halogens is 4. The molecule has 0 aliphatic heterocycles. The van der Waals surface area contributed by atoms with Crippen LogP contribution in [0.1, 0.15) is 0 Å². The van der Waals surface area contributed by atoms with E-state index in [0.717, 1.165) is 0 Å². The first-order valence-electron chi connectivity index (χ1n) is 4.13. The second kappa shape index (κ2) is 4.44. The van der Waals surface area contributed by atoms with Gasteiger partial charge in [-0.25, -0.2) is 0 Å². The van der Waals surface area contributed by atoms with Crippen molar-refractivity contribution >= 4 is 11.4 Å². The van der Waals surface area contributed by atoms with Crippen LogP contribution in [0.4, 0.5) is 28.9 Å². The number of alkyl halides is 3. The van der Waals surface area contributed by atoms with Crippen molar-refractivity contribution in [1.29, 1.82) is 0 Å². The monoisotopic (exact) mass is 254 g/mol. The molecule has 0 unspecified atom stereocenters. The number of nitrogen functional groups attached to an aromatic ring is 1. The number of nitro benzene ring substituents is 1. The fourth-order valence-electron chi connectivity index (χ4n) is 0.984. The Kier molecular flexibility index (Phi) is 3.39. The van der Waals surface area contributed by atoms with E-state index in [0.29, 0.717) is 12.1 Å². The van der Waals surface area contributed by atoms with Crippen LogP contribution in [-0.2, 0) is 0 Å². The minimum absolute atomic E-state index is 0.442. The number of hydrogen-bond donors (Lipinski definition) is 1. The van der Waals surface area contributed by atoms with Crippen LogP contribution < -0.4 is 10.5 Å². The molecular weight excluding hydrogens is 248 g/mol. The summed E-state index contributed by atoms with van der Waals surface area (Å²) < 4.78 is 52.7. The highest BCUT2D eigenvalue weighted by atomic mass is 19.4. The Labute approximate surface area is 91.9 Å². The Morgan fingerprint density at radius 2 is 2.00 bits per heavy atom. The minimum Gasteiger partial charge on any atom is -0.482 e. The Morgan fingerprint density at radius 3 is 2.47 bits per heavy atom. The summed E-state index contributed by atoms with van der Waals surface area (Å²) in [6.45, 7) is -1.66. The van der Waals surface area contributed by atoms with Crippen LogP contribution in [0.15, 0.2) is 12.1 Å². The molecule has 0 saturated carbocycles. The van der Waals surface area contributed by atoms with Crippen LogP contribution in [-0.4, -0.2) is 17.7 Å². The standard InChI is InChI=1S/C8H6F4N2O3/c9-4-1-7(17-3-8(10,11)12)5(13)2-6(4)14(15)16/h1-2H,3,13H2. The largest absolute Gasteiger partial charge is 0.482 e. The highest BCUT2D eigenvalue weighted by Gasteiger charge is 2.29.